The van der Waals surface area contributed by atoms with Gasteiger partial charge in [-0.15, -0.1) is 0 Å². The molecule has 0 spiro atoms. The van der Waals surface area contributed by atoms with Crippen molar-refractivity contribution in [1.29, 1.82) is 0 Å². The lowest BCUT2D eigenvalue weighted by molar-refractivity contribution is -0.384. The van der Waals surface area contributed by atoms with Crippen molar-refractivity contribution in [3.63, 3.8) is 0 Å². The van der Waals surface area contributed by atoms with Crippen molar-refractivity contribution in [3.8, 4) is 0 Å². The van der Waals surface area contributed by atoms with Crippen LogP contribution in [-0.4, -0.2) is 35.3 Å². The Balaban J connectivity index is 2.21. The minimum atomic E-state index is -1.10. The van der Waals surface area contributed by atoms with Crippen molar-refractivity contribution in [2.75, 3.05) is 18.5 Å². The monoisotopic (exact) mass is 294 g/mol. The molecule has 7 heteroatoms. The topological polar surface area (TPSA) is 102 Å². The largest absolute Gasteiger partial charge is 0.478 e. The molecule has 0 aliphatic carbocycles. The molecular weight excluding hydrogens is 276 g/mol. The van der Waals surface area contributed by atoms with Gasteiger partial charge in [-0.05, 0) is 37.8 Å². The van der Waals surface area contributed by atoms with E-state index in [-0.39, 0.29) is 23.0 Å². The zero-order chi connectivity index (χ0) is 15.4. The van der Waals surface area contributed by atoms with E-state index < -0.39 is 10.9 Å². The summed E-state index contributed by atoms with van der Waals surface area (Å²) < 4.78 is 5.30. The van der Waals surface area contributed by atoms with Crippen LogP contribution in [0.25, 0.3) is 0 Å². The number of benzene rings is 1. The van der Waals surface area contributed by atoms with E-state index in [1.807, 2.05) is 6.92 Å². The fourth-order valence-corrected chi connectivity index (χ4v) is 2.52. The molecule has 7 nitrogen and oxygen atoms in total. The first-order valence-electron chi connectivity index (χ1n) is 6.85. The van der Waals surface area contributed by atoms with E-state index in [1.54, 1.807) is 0 Å². The number of nitrogens with one attached hydrogen (secondary N) is 1. The van der Waals surface area contributed by atoms with Crippen molar-refractivity contribution in [1.82, 2.24) is 0 Å². The molecular formula is C14H18N2O5. The van der Waals surface area contributed by atoms with Crippen LogP contribution in [0, 0.1) is 16.0 Å². The summed E-state index contributed by atoms with van der Waals surface area (Å²) in [5.41, 5.74) is 0.167. The molecule has 1 unspecified atom stereocenters. The minimum absolute atomic E-state index is 0.0108. The van der Waals surface area contributed by atoms with Gasteiger partial charge in [0, 0.05) is 25.3 Å². The summed E-state index contributed by atoms with van der Waals surface area (Å²) >= 11 is 0. The predicted molar refractivity (Wildman–Crippen MR) is 76.7 cm³/mol. The number of nitrogens with zero attached hydrogens (tertiary/aromatic N) is 1. The van der Waals surface area contributed by atoms with Gasteiger partial charge in [0.1, 0.15) is 5.69 Å². The van der Waals surface area contributed by atoms with Crippen molar-refractivity contribution >= 4 is 17.3 Å². The third kappa shape index (κ3) is 3.69. The molecule has 1 aromatic rings. The molecule has 1 aliphatic rings. The molecule has 0 amide bonds. The molecule has 1 aliphatic heterocycles. The van der Waals surface area contributed by atoms with Gasteiger partial charge in [0.25, 0.3) is 5.69 Å². The maximum Gasteiger partial charge on any atom is 0.335 e. The van der Waals surface area contributed by atoms with Gasteiger partial charge in [-0.25, -0.2) is 4.79 Å². The van der Waals surface area contributed by atoms with Crippen LogP contribution in [0.2, 0.25) is 0 Å². The van der Waals surface area contributed by atoms with E-state index in [0.717, 1.165) is 12.8 Å². The zero-order valence-electron chi connectivity index (χ0n) is 11.7. The maximum atomic E-state index is 11.1. The van der Waals surface area contributed by atoms with E-state index in [2.05, 4.69) is 5.32 Å². The highest BCUT2D eigenvalue weighted by atomic mass is 16.6. The number of carbonyl (C=O) groups is 1. The van der Waals surface area contributed by atoms with E-state index in [0.29, 0.717) is 19.1 Å². The summed E-state index contributed by atoms with van der Waals surface area (Å²) in [5.74, 6) is -0.751. The SMILES string of the molecule is CC(Nc1cc(C(=O)O)ccc1[N+](=O)[O-])C1CCOCC1. The van der Waals surface area contributed by atoms with E-state index >= 15 is 0 Å². The smallest absolute Gasteiger partial charge is 0.335 e. The summed E-state index contributed by atoms with van der Waals surface area (Å²) in [5, 5.41) is 23.2. The van der Waals surface area contributed by atoms with Crippen LogP contribution in [0.1, 0.15) is 30.1 Å². The molecule has 114 valence electrons. The summed E-state index contributed by atoms with van der Waals surface area (Å²) in [4.78, 5) is 21.6. The maximum absolute atomic E-state index is 11.1. The second-order valence-electron chi connectivity index (χ2n) is 5.18. The molecule has 0 aromatic heterocycles. The molecule has 1 aromatic carbocycles. The fourth-order valence-electron chi connectivity index (χ4n) is 2.52. The van der Waals surface area contributed by atoms with Crippen LogP contribution < -0.4 is 5.32 Å². The molecule has 2 rings (SSSR count). The quantitative estimate of drug-likeness (QED) is 0.639. The van der Waals surface area contributed by atoms with Gasteiger partial charge in [0.15, 0.2) is 0 Å². The Morgan fingerprint density at radius 2 is 2.14 bits per heavy atom. The standard InChI is InChI=1S/C14H18N2O5/c1-9(10-4-6-21-7-5-10)15-12-8-11(14(17)18)2-3-13(12)16(19)20/h2-3,8-10,15H,4-7H2,1H3,(H,17,18). The average molecular weight is 294 g/mol. The molecule has 1 heterocycles. The number of nitro groups is 1. The number of nitro benzene ring substituents is 1. The molecule has 0 saturated carbocycles. The van der Waals surface area contributed by atoms with Gasteiger partial charge in [0.2, 0.25) is 0 Å². The number of hydrogen-bond donors (Lipinski definition) is 2. The summed E-state index contributed by atoms with van der Waals surface area (Å²) in [7, 11) is 0. The number of rotatable bonds is 5. The molecule has 2 N–H and O–H groups in total. The van der Waals surface area contributed by atoms with Gasteiger partial charge in [0.05, 0.1) is 10.5 Å². The highest BCUT2D eigenvalue weighted by Crippen LogP contribution is 2.29. The molecule has 1 atom stereocenters. The molecule has 0 bridgehead atoms. The number of hydrogen-bond acceptors (Lipinski definition) is 5. The Morgan fingerprint density at radius 1 is 1.48 bits per heavy atom. The van der Waals surface area contributed by atoms with Crippen molar-refractivity contribution in [2.45, 2.75) is 25.8 Å². The zero-order valence-corrected chi connectivity index (χ0v) is 11.7. The summed E-state index contributed by atoms with van der Waals surface area (Å²) in [6.07, 6.45) is 1.78. The highest BCUT2D eigenvalue weighted by Gasteiger charge is 2.24. The van der Waals surface area contributed by atoms with Gasteiger partial charge in [-0.3, -0.25) is 10.1 Å². The highest BCUT2D eigenvalue weighted by molar-refractivity contribution is 5.90. The number of carboxylic acids is 1. The Morgan fingerprint density at radius 3 is 2.71 bits per heavy atom. The Hall–Kier alpha value is -2.15. The van der Waals surface area contributed by atoms with Crippen LogP contribution >= 0.6 is 0 Å². The normalized spacial score (nSPS) is 17.2. The summed E-state index contributed by atoms with van der Waals surface area (Å²) in [6, 6.07) is 3.79. The van der Waals surface area contributed by atoms with Gasteiger partial charge < -0.3 is 15.2 Å². The third-order valence-electron chi connectivity index (χ3n) is 3.80. The van der Waals surface area contributed by atoms with Crippen molar-refractivity contribution in [3.05, 3.63) is 33.9 Å². The molecule has 0 radical (unpaired) electrons. The van der Waals surface area contributed by atoms with Crippen LogP contribution in [0.5, 0.6) is 0 Å². The van der Waals surface area contributed by atoms with Crippen molar-refractivity contribution < 1.29 is 19.6 Å². The predicted octanol–water partition coefficient (Wildman–Crippen LogP) is 2.52. The lowest BCUT2D eigenvalue weighted by Gasteiger charge is -2.29. The number of carboxylic acid groups (broad SMARTS) is 1. The van der Waals surface area contributed by atoms with Gasteiger partial charge in [-0.2, -0.15) is 0 Å². The number of anilines is 1. The van der Waals surface area contributed by atoms with Crippen LogP contribution in [0.4, 0.5) is 11.4 Å². The van der Waals surface area contributed by atoms with Gasteiger partial charge >= 0.3 is 5.97 Å². The molecule has 21 heavy (non-hydrogen) atoms. The second kappa shape index (κ2) is 6.53. The number of ether oxygens (including phenoxy) is 1. The molecule has 1 fully saturated rings. The fraction of sp³-hybridized carbons (Fsp3) is 0.500. The Labute approximate surface area is 122 Å². The lowest BCUT2D eigenvalue weighted by atomic mass is 9.92. The van der Waals surface area contributed by atoms with E-state index in [4.69, 9.17) is 9.84 Å². The van der Waals surface area contributed by atoms with Crippen LogP contribution in [0.15, 0.2) is 18.2 Å². The molecule has 1 saturated heterocycles. The second-order valence-corrected chi connectivity index (χ2v) is 5.18. The Bertz CT molecular complexity index is 540. The number of aromatic carboxylic acids is 1. The van der Waals surface area contributed by atoms with Crippen molar-refractivity contribution in [2.24, 2.45) is 5.92 Å². The van der Waals surface area contributed by atoms with E-state index in [9.17, 15) is 14.9 Å². The first-order chi connectivity index (χ1) is 9.99. The Kier molecular flexibility index (Phi) is 4.74. The first kappa shape index (κ1) is 15.2. The summed E-state index contributed by atoms with van der Waals surface area (Å²) in [6.45, 7) is 3.33. The first-order valence-corrected chi connectivity index (χ1v) is 6.85. The third-order valence-corrected chi connectivity index (χ3v) is 3.80. The minimum Gasteiger partial charge on any atom is -0.478 e. The van der Waals surface area contributed by atoms with E-state index in [1.165, 1.54) is 18.2 Å². The van der Waals surface area contributed by atoms with Crippen LogP contribution in [-0.2, 0) is 4.74 Å². The van der Waals surface area contributed by atoms with Gasteiger partial charge in [-0.1, -0.05) is 0 Å². The lowest BCUT2D eigenvalue weighted by Crippen LogP contribution is -2.31. The van der Waals surface area contributed by atoms with Crippen LogP contribution in [0.3, 0.4) is 0 Å². The average Bonchev–Trinajstić information content (AvgIpc) is 2.47.